The second-order valence-electron chi connectivity index (χ2n) is 15.3. The number of amides is 1. The minimum Gasteiger partial charge on any atom is -0.508 e. The Hall–Kier alpha value is -4.81. The summed E-state index contributed by atoms with van der Waals surface area (Å²) in [6.45, 7) is 14.2. The molecular weight excluding hydrogens is 699 g/mol. The first kappa shape index (κ1) is 40.4. The Bertz CT molecular complexity index is 2000. The summed E-state index contributed by atoms with van der Waals surface area (Å²) >= 11 is 0. The molecule has 0 radical (unpaired) electrons. The van der Waals surface area contributed by atoms with E-state index in [1.165, 1.54) is 0 Å². The third kappa shape index (κ3) is 10.0. The van der Waals surface area contributed by atoms with Crippen molar-refractivity contribution in [1.82, 2.24) is 15.6 Å². The van der Waals surface area contributed by atoms with Gasteiger partial charge in [0.25, 0.3) is 5.91 Å². The summed E-state index contributed by atoms with van der Waals surface area (Å²) in [7, 11) is 1.02. The lowest BCUT2D eigenvalue weighted by Crippen LogP contribution is -2.44. The maximum absolute atomic E-state index is 13.4. The van der Waals surface area contributed by atoms with Crippen LogP contribution in [0.15, 0.2) is 84.9 Å². The van der Waals surface area contributed by atoms with Gasteiger partial charge in [0.15, 0.2) is 8.32 Å². The largest absolute Gasteiger partial charge is 0.508 e. The minimum absolute atomic E-state index is 0.0127. The topological polar surface area (TPSA) is 134 Å². The molecule has 0 spiro atoms. The van der Waals surface area contributed by atoms with Crippen LogP contribution in [0.4, 0.5) is 0 Å². The highest BCUT2D eigenvalue weighted by Gasteiger charge is 2.39. The molecule has 4 aromatic carbocycles. The van der Waals surface area contributed by atoms with Crippen molar-refractivity contribution in [2.75, 3.05) is 20.8 Å². The van der Waals surface area contributed by atoms with E-state index in [9.17, 15) is 15.0 Å². The van der Waals surface area contributed by atoms with E-state index in [0.717, 1.165) is 34.0 Å². The predicted octanol–water partition coefficient (Wildman–Crippen LogP) is 8.18. The summed E-state index contributed by atoms with van der Waals surface area (Å²) in [4.78, 5) is 16.6. The summed E-state index contributed by atoms with van der Waals surface area (Å²) in [6, 6.07) is 27.0. The second kappa shape index (κ2) is 17.6. The molecule has 0 saturated heterocycles. The van der Waals surface area contributed by atoms with Gasteiger partial charge in [0.2, 0.25) is 0 Å². The first-order valence-corrected chi connectivity index (χ1v) is 21.3. The van der Waals surface area contributed by atoms with Crippen LogP contribution in [0.5, 0.6) is 23.0 Å². The molecule has 10 nitrogen and oxygen atoms in total. The molecule has 0 aliphatic carbocycles. The average Bonchev–Trinajstić information content (AvgIpc) is 3.58. The normalized spacial score (nSPS) is 13.1. The Morgan fingerprint density at radius 3 is 2.26 bits per heavy atom. The van der Waals surface area contributed by atoms with Crippen LogP contribution in [0.3, 0.4) is 0 Å². The molecule has 0 aliphatic heterocycles. The summed E-state index contributed by atoms with van der Waals surface area (Å²) < 4.78 is 24.2. The molecule has 0 aliphatic rings. The van der Waals surface area contributed by atoms with Crippen molar-refractivity contribution >= 4 is 25.1 Å². The SMILES string of the molecule is COc1cc(OCc2ccccc2)cc(OC)c1CNC(=O)c1cc2cc(C[C@@H](C)NC[C@@H](O[Si](C)(C)C(C)(C)C)c3ccc(O)c(CO)c3)ccc2[nH]1. The van der Waals surface area contributed by atoms with Gasteiger partial charge in [0, 0.05) is 41.2 Å². The van der Waals surface area contributed by atoms with Crippen LogP contribution in [-0.2, 0) is 30.6 Å². The number of rotatable bonds is 17. The predicted molar refractivity (Wildman–Crippen MR) is 216 cm³/mol. The van der Waals surface area contributed by atoms with Crippen molar-refractivity contribution in [3.63, 3.8) is 0 Å². The number of carbonyl (C=O) groups is 1. The molecule has 5 N–H and O–H groups in total. The van der Waals surface area contributed by atoms with E-state index in [0.29, 0.717) is 47.2 Å². The number of ether oxygens (including phenoxy) is 3. The van der Waals surface area contributed by atoms with Crippen molar-refractivity contribution in [3.05, 3.63) is 118 Å². The van der Waals surface area contributed by atoms with Crippen LogP contribution in [-0.4, -0.2) is 56.2 Å². The van der Waals surface area contributed by atoms with Crippen molar-refractivity contribution < 1.29 is 33.6 Å². The molecule has 5 aromatic rings. The number of hydrogen-bond donors (Lipinski definition) is 5. The van der Waals surface area contributed by atoms with Gasteiger partial charge in [0.05, 0.1) is 39.0 Å². The molecular formula is C43H55N3O7Si. The van der Waals surface area contributed by atoms with E-state index in [4.69, 9.17) is 18.6 Å². The highest BCUT2D eigenvalue weighted by molar-refractivity contribution is 6.74. The van der Waals surface area contributed by atoms with Crippen LogP contribution < -0.4 is 24.8 Å². The van der Waals surface area contributed by atoms with Crippen LogP contribution in [0.1, 0.15) is 72.1 Å². The lowest BCUT2D eigenvalue weighted by atomic mass is 10.0. The second-order valence-corrected chi connectivity index (χ2v) is 20.1. The fraction of sp³-hybridized carbons (Fsp3) is 0.372. The summed E-state index contributed by atoms with van der Waals surface area (Å²) in [5.74, 6) is 1.54. The number of carbonyl (C=O) groups excluding carboxylic acids is 1. The summed E-state index contributed by atoms with van der Waals surface area (Å²) in [5.41, 5.74) is 5.61. The van der Waals surface area contributed by atoms with E-state index < -0.39 is 8.32 Å². The molecule has 288 valence electrons. The van der Waals surface area contributed by atoms with Crippen LogP contribution >= 0.6 is 0 Å². The van der Waals surface area contributed by atoms with Crippen LogP contribution in [0, 0.1) is 0 Å². The molecule has 11 heteroatoms. The minimum atomic E-state index is -2.15. The van der Waals surface area contributed by atoms with Crippen molar-refractivity contribution in [3.8, 4) is 23.0 Å². The Morgan fingerprint density at radius 2 is 1.61 bits per heavy atom. The van der Waals surface area contributed by atoms with Crippen LogP contribution in [0.25, 0.3) is 10.9 Å². The number of benzene rings is 4. The highest BCUT2D eigenvalue weighted by Crippen LogP contribution is 2.40. The Morgan fingerprint density at radius 1 is 0.907 bits per heavy atom. The average molecular weight is 754 g/mol. The van der Waals surface area contributed by atoms with Gasteiger partial charge in [-0.3, -0.25) is 4.79 Å². The van der Waals surface area contributed by atoms with Gasteiger partial charge in [-0.1, -0.05) is 63.2 Å². The van der Waals surface area contributed by atoms with E-state index in [-0.39, 0.29) is 42.0 Å². The van der Waals surface area contributed by atoms with Crippen molar-refractivity contribution in [2.24, 2.45) is 0 Å². The molecule has 1 amide bonds. The molecule has 1 aromatic heterocycles. The molecule has 0 saturated carbocycles. The van der Waals surface area contributed by atoms with Gasteiger partial charge in [-0.05, 0) is 78.5 Å². The van der Waals surface area contributed by atoms with Gasteiger partial charge in [-0.2, -0.15) is 0 Å². The number of aliphatic hydroxyl groups excluding tert-OH is 1. The van der Waals surface area contributed by atoms with E-state index >= 15 is 0 Å². The third-order valence-corrected chi connectivity index (χ3v) is 14.8. The molecule has 54 heavy (non-hydrogen) atoms. The third-order valence-electron chi connectivity index (χ3n) is 10.3. The first-order chi connectivity index (χ1) is 25.7. The Balaban J connectivity index is 1.23. The van der Waals surface area contributed by atoms with Crippen molar-refractivity contribution in [2.45, 2.75) is 84.2 Å². The number of aromatic amines is 1. The van der Waals surface area contributed by atoms with Gasteiger partial charge in [0.1, 0.15) is 35.3 Å². The fourth-order valence-electron chi connectivity index (χ4n) is 6.08. The number of hydrogen-bond acceptors (Lipinski definition) is 8. The Labute approximate surface area is 320 Å². The maximum Gasteiger partial charge on any atom is 0.268 e. The summed E-state index contributed by atoms with van der Waals surface area (Å²) in [5, 5.41) is 27.6. The molecule has 0 fully saturated rings. The van der Waals surface area contributed by atoms with Gasteiger partial charge >= 0.3 is 0 Å². The number of phenols is 1. The number of fused-ring (bicyclic) bond motifs is 1. The van der Waals surface area contributed by atoms with E-state index in [2.05, 4.69) is 68.5 Å². The van der Waals surface area contributed by atoms with Crippen LogP contribution in [0.2, 0.25) is 18.1 Å². The number of H-pyrrole nitrogens is 1. The van der Waals surface area contributed by atoms with Gasteiger partial charge < -0.3 is 44.5 Å². The van der Waals surface area contributed by atoms with Gasteiger partial charge in [-0.15, -0.1) is 0 Å². The van der Waals surface area contributed by atoms with E-state index in [1.807, 2.05) is 54.6 Å². The summed E-state index contributed by atoms with van der Waals surface area (Å²) in [6.07, 6.45) is 0.510. The lowest BCUT2D eigenvalue weighted by Gasteiger charge is -2.40. The molecule has 5 rings (SSSR count). The lowest BCUT2D eigenvalue weighted by molar-refractivity contribution is 0.0946. The fourth-order valence-corrected chi connectivity index (χ4v) is 7.36. The smallest absolute Gasteiger partial charge is 0.268 e. The zero-order valence-corrected chi connectivity index (χ0v) is 33.7. The van der Waals surface area contributed by atoms with Crippen molar-refractivity contribution in [1.29, 1.82) is 0 Å². The molecule has 0 unspecified atom stereocenters. The molecule has 0 bridgehead atoms. The van der Waals surface area contributed by atoms with E-state index in [1.54, 1.807) is 32.4 Å². The number of aromatic nitrogens is 1. The molecule has 1 heterocycles. The monoisotopic (exact) mass is 753 g/mol. The number of aliphatic hydroxyl groups is 1. The number of nitrogens with one attached hydrogen (secondary N) is 3. The molecule has 2 atom stereocenters. The zero-order chi connectivity index (χ0) is 39.0. The first-order valence-electron chi connectivity index (χ1n) is 18.4. The standard InChI is InChI=1S/C43H55N3O7Si/c1-28(44-25-41(53-54(7,8)43(2,3)4)31-15-17-38(48)33(20-31)26-47)18-30-14-16-36-32(19-30)21-37(46-36)42(49)45-24-35-39(50-5)22-34(23-40(35)51-6)52-27-29-12-10-9-11-13-29/h9-17,19-23,28,41,44,46-48H,18,24-27H2,1-8H3,(H,45,49)/t28-,41-/m1/s1. The van der Waals surface area contributed by atoms with Gasteiger partial charge in [-0.25, -0.2) is 0 Å². The maximum atomic E-state index is 13.4. The number of methoxy groups -OCH3 is 2. The zero-order valence-electron chi connectivity index (χ0n) is 32.7. The Kier molecular flexibility index (Phi) is 13.1. The number of aromatic hydroxyl groups is 1. The quantitative estimate of drug-likeness (QED) is 0.0601. The highest BCUT2D eigenvalue weighted by atomic mass is 28.4.